The molecule has 0 saturated heterocycles. The molecule has 7 heterocycles. The molecule has 15 aliphatic rings. The lowest BCUT2D eigenvalue weighted by Gasteiger charge is -2.22. The van der Waals surface area contributed by atoms with Crippen molar-refractivity contribution in [3.8, 4) is 0 Å². The fourth-order valence-corrected chi connectivity index (χ4v) is 20.4. The van der Waals surface area contributed by atoms with Crippen LogP contribution in [0.3, 0.4) is 0 Å². The summed E-state index contributed by atoms with van der Waals surface area (Å²) in [5.74, 6) is 2.32. The number of allylic oxidation sites excluding steroid dienone is 29. The van der Waals surface area contributed by atoms with Gasteiger partial charge in [-0.05, 0) is 314 Å². The second-order valence-corrected chi connectivity index (χ2v) is 41.8. The van der Waals surface area contributed by atoms with Crippen molar-refractivity contribution in [2.75, 3.05) is 58.2 Å². The Kier molecular flexibility index (Phi) is 49.9. The first kappa shape index (κ1) is 115. The molecule has 4 aromatic rings. The SMILES string of the molecule is C=C1C=C(C)C2=C(CC=N2)C1.C=C1C=C(C)CC(N)C1.C=C1C=C(C)CC(O)C1.C=C1C=C(C)CC(OC)C1.C=C1C=C(C)CC(S)C1.C=C1C=C(C)CC(SC)C1.C=C1C=C(C)CCC1.C=C1C=C(C)CN(C)C1.C=C1C=C(C)COC1.C=C1C=C(C)CSC1.C=C1C=C(C)c2[nH]ccc2C1.C=C1C=C(C)c2cc[nH]c2C1.C=C1C=C(C)c2ccccc2C1.C=C1C=C(C)c2n[nH]nc2C1. The number of H-pyrrole nitrogens is 3. The Bertz CT molecular complexity index is 5120. The van der Waals surface area contributed by atoms with Crippen LogP contribution in [0, 0.1) is 0 Å². The summed E-state index contributed by atoms with van der Waals surface area (Å²) in [4.78, 5) is 13.0. The number of hydrogen-bond acceptors (Lipinski definition) is 11. The van der Waals surface area contributed by atoms with Gasteiger partial charge in [0.2, 0.25) is 0 Å². The predicted molar refractivity (Wildman–Crippen MR) is 605 cm³/mol. The van der Waals surface area contributed by atoms with E-state index in [1.165, 1.54) is 217 Å². The number of ether oxygens (including phenoxy) is 2. The maximum absolute atomic E-state index is 9.15. The normalized spacial score (nSPS) is 21.6. The van der Waals surface area contributed by atoms with Crippen LogP contribution in [0.15, 0.2) is 376 Å². The second-order valence-electron chi connectivity index (χ2n) is 39.0. The minimum atomic E-state index is -0.178. The van der Waals surface area contributed by atoms with E-state index in [0.717, 1.165) is 154 Å². The number of thiol groups is 1. The van der Waals surface area contributed by atoms with E-state index in [1.54, 1.807) is 7.11 Å². The Morgan fingerprint density at radius 2 is 1.00 bits per heavy atom. The highest BCUT2D eigenvalue weighted by Crippen LogP contribution is 2.36. The molecule has 19 rings (SSSR count). The van der Waals surface area contributed by atoms with Gasteiger partial charge in [0.05, 0.1) is 36.8 Å². The lowest BCUT2D eigenvalue weighted by atomic mass is 9.90. The number of aliphatic imine (C=N–C) groups is 1. The van der Waals surface area contributed by atoms with Crippen LogP contribution in [0.2, 0.25) is 0 Å². The van der Waals surface area contributed by atoms with Gasteiger partial charge < -0.3 is 30.3 Å². The molecular formula is C122H164N8O3S3. The van der Waals surface area contributed by atoms with Crippen LogP contribution >= 0.6 is 36.2 Å². The van der Waals surface area contributed by atoms with Crippen molar-refractivity contribution in [2.24, 2.45) is 10.7 Å². The average Bonchev–Trinajstić information content (AvgIpc) is 1.80. The molecule has 11 aliphatic carbocycles. The van der Waals surface area contributed by atoms with E-state index in [2.05, 4.69) is 339 Å². The number of aromatic nitrogens is 5. The van der Waals surface area contributed by atoms with Crippen molar-refractivity contribution < 1.29 is 14.6 Å². The predicted octanol–water partition coefficient (Wildman–Crippen LogP) is 31.2. The zero-order chi connectivity index (χ0) is 100. The largest absolute Gasteiger partial charge is 0.392 e. The lowest BCUT2D eigenvalue weighted by Crippen LogP contribution is -2.25. The van der Waals surface area contributed by atoms with Crippen molar-refractivity contribution in [1.82, 2.24) is 30.3 Å². The monoisotopic (exact) mass is 1890 g/mol. The van der Waals surface area contributed by atoms with E-state index >= 15 is 0 Å². The fraction of sp³-hybridized carbons (Fsp3) is 0.385. The van der Waals surface area contributed by atoms with E-state index in [1.807, 2.05) is 75.1 Å². The number of likely N-dealkylation sites (N-methyl/N-ethyl adjacent to an activating group) is 1. The molecule has 0 spiro atoms. The molecule has 0 radical (unpaired) electrons. The standard InChI is InChI=1S/C12H12.3C10H11N.C9H14O.C9H14S.C8H9N3.2C8H13N.C8H12O.C8H12S.C8H12.C7H10O.C7H10S/c1-9-7-10(2)12-6-4-3-5-11(12)8-9;1-7-5-8(2)9-3-4-11-10(9)6-7;2*1-7-5-8(2)10-9(6-7)3-4-11-10;2*1-7-4-8(2)6-9(5-7)10-3;1-5-3-6(2)8-7(4-5)9-11-10-8;1-7-4-8(2)6-9(3)5-7;3*1-6-3-7(2)5-8(9)4-6;1-7-4-3-5-8(2)6-7;2*1-6-3-7(2)5-8-4-6/h3-7H,1,8H2,2H3;3-5,11H,1,6H2,2H3;4-5H,1,3,6H2,2H3;3-5,11H,1,6H2,2H3;2*4,9H,1,5-6H2,2-3H3;3H,1,4H2,2H3,(H,9,10,11);4H,1,5-6H2,2-3H3;3,8H,1,4-5,9H2,2H3;2*3,8-9H,1,4-5H2,2H3;6H,1,3-5H2,2H3;2*3H,1,4-5H2,2H3. The zero-order valence-corrected chi connectivity index (χ0v) is 88.7. The Morgan fingerprint density at radius 3 is 1.55 bits per heavy atom. The van der Waals surface area contributed by atoms with E-state index < -0.39 is 0 Å². The number of benzene rings is 1. The molecule has 728 valence electrons. The third kappa shape index (κ3) is 43.7. The zero-order valence-electron chi connectivity index (χ0n) is 86.1. The molecule has 0 bridgehead atoms. The third-order valence-corrected chi connectivity index (χ3v) is 26.3. The Labute approximate surface area is 836 Å². The van der Waals surface area contributed by atoms with E-state index in [4.69, 9.17) is 20.3 Å². The smallest absolute Gasteiger partial charge is 0.112 e. The van der Waals surface area contributed by atoms with Gasteiger partial charge in [0.15, 0.2) is 0 Å². The van der Waals surface area contributed by atoms with Crippen LogP contribution in [0.4, 0.5) is 0 Å². The minimum absolute atomic E-state index is 0.178. The minimum Gasteiger partial charge on any atom is -0.392 e. The molecule has 11 nitrogen and oxygen atoms in total. The summed E-state index contributed by atoms with van der Waals surface area (Å²) in [6.45, 7) is 87.7. The number of aromatic amines is 3. The van der Waals surface area contributed by atoms with E-state index in [0.29, 0.717) is 24.0 Å². The number of nitrogens with one attached hydrogen (secondary N) is 3. The number of nitrogens with zero attached hydrogens (tertiary/aromatic N) is 4. The Morgan fingerprint density at radius 1 is 0.456 bits per heavy atom. The van der Waals surface area contributed by atoms with Crippen LogP contribution in [-0.4, -0.2) is 129 Å². The molecule has 5 atom stereocenters. The van der Waals surface area contributed by atoms with Crippen molar-refractivity contribution in [1.29, 1.82) is 0 Å². The van der Waals surface area contributed by atoms with Gasteiger partial charge in [-0.2, -0.15) is 51.6 Å². The van der Waals surface area contributed by atoms with Gasteiger partial charge in [-0.3, -0.25) is 9.89 Å². The molecular weight excluding hydrogens is 1720 g/mol. The summed E-state index contributed by atoms with van der Waals surface area (Å²) in [6, 6.07) is 13.1. The summed E-state index contributed by atoms with van der Waals surface area (Å²) >= 11 is 8.27. The summed E-state index contributed by atoms with van der Waals surface area (Å²) in [6.07, 6.45) is 58.2. The molecule has 5 unspecified atom stereocenters. The number of hydrogen-bond donors (Lipinski definition) is 6. The molecule has 14 heteroatoms. The number of aliphatic hydroxyl groups excluding tert-OH is 1. The van der Waals surface area contributed by atoms with Crippen molar-refractivity contribution in [3.05, 3.63) is 416 Å². The number of aliphatic hydroxyl groups is 1. The molecule has 0 saturated carbocycles. The van der Waals surface area contributed by atoms with Gasteiger partial charge >= 0.3 is 0 Å². The number of methoxy groups -OCH3 is 1. The highest BCUT2D eigenvalue weighted by atomic mass is 32.2. The number of thioether (sulfide) groups is 2. The molecule has 1 aromatic carbocycles. The maximum Gasteiger partial charge on any atom is 0.112 e. The van der Waals surface area contributed by atoms with Gasteiger partial charge in [-0.15, -0.1) is 0 Å². The summed E-state index contributed by atoms with van der Waals surface area (Å²) in [5, 5.41) is 21.1. The maximum atomic E-state index is 9.15. The topological polar surface area (TPSA) is 153 Å². The highest BCUT2D eigenvalue weighted by Gasteiger charge is 2.22. The van der Waals surface area contributed by atoms with Crippen LogP contribution in [0.1, 0.15) is 238 Å². The average molecular weight is 1890 g/mol. The first-order valence-corrected chi connectivity index (χ1v) is 50.9. The first-order chi connectivity index (χ1) is 64.4. The third-order valence-electron chi connectivity index (χ3n) is 23.7. The molecule has 0 fully saturated rings. The summed E-state index contributed by atoms with van der Waals surface area (Å²) in [7, 11) is 3.87. The molecule has 3 aromatic heterocycles. The Balaban J connectivity index is 0.000000225. The van der Waals surface area contributed by atoms with Crippen molar-refractivity contribution >= 4 is 64.7 Å². The highest BCUT2D eigenvalue weighted by molar-refractivity contribution is 7.99. The van der Waals surface area contributed by atoms with Crippen LogP contribution in [0.25, 0.3) is 22.3 Å². The quantitative estimate of drug-likeness (QED) is 0.108. The van der Waals surface area contributed by atoms with Gasteiger partial charge in [-0.1, -0.05) is 296 Å². The lowest BCUT2D eigenvalue weighted by molar-refractivity contribution is 0.101. The number of fused-ring (bicyclic) bond motifs is 4. The van der Waals surface area contributed by atoms with Crippen LogP contribution in [0.5, 0.6) is 0 Å². The van der Waals surface area contributed by atoms with Gasteiger partial charge in [0, 0.05) is 97.5 Å². The number of rotatable bonds is 2. The van der Waals surface area contributed by atoms with E-state index in [9.17, 15) is 0 Å². The molecule has 6 N–H and O–H groups in total. The first-order valence-electron chi connectivity index (χ1n) is 47.9. The second kappa shape index (κ2) is 59.2. The van der Waals surface area contributed by atoms with E-state index in [-0.39, 0.29) is 6.10 Å². The fourth-order valence-electron chi connectivity index (χ4n) is 18.2. The molecule has 0 amide bonds. The van der Waals surface area contributed by atoms with Crippen LogP contribution in [-0.2, 0) is 35.2 Å². The van der Waals surface area contributed by atoms with Gasteiger partial charge in [0.25, 0.3) is 0 Å². The summed E-state index contributed by atoms with van der Waals surface area (Å²) in [5.41, 5.74) is 54.0. The van der Waals surface area contributed by atoms with Gasteiger partial charge in [-0.25, -0.2) is 0 Å². The van der Waals surface area contributed by atoms with Crippen LogP contribution < -0.4 is 5.73 Å². The summed E-state index contributed by atoms with van der Waals surface area (Å²) < 4.78 is 10.4. The number of nitrogens with two attached hydrogens (primary N) is 1. The van der Waals surface area contributed by atoms with Crippen molar-refractivity contribution in [2.45, 2.75) is 248 Å². The molecule has 136 heavy (non-hydrogen) atoms. The molecule has 4 aliphatic heterocycles. The van der Waals surface area contributed by atoms with Gasteiger partial charge in [0.1, 0.15) is 5.69 Å². The van der Waals surface area contributed by atoms with Crippen molar-refractivity contribution in [3.63, 3.8) is 0 Å². The Hall–Kier alpha value is -10.1.